The molecule has 0 radical (unpaired) electrons. The highest BCUT2D eigenvalue weighted by Gasteiger charge is 2.23. The number of aliphatic hydroxyl groups is 1. The number of aliphatic imine (C=N–C) groups is 1. The third-order valence-electron chi connectivity index (χ3n) is 5.13. The highest BCUT2D eigenvalue weighted by Crippen LogP contribution is 2.31. The maximum Gasteiger partial charge on any atom is 0.191 e. The number of fused-ring (bicyclic) bond motifs is 1. The molecular weight excluding hydrogens is 412 g/mol. The van der Waals surface area contributed by atoms with Gasteiger partial charge in [0.15, 0.2) is 5.96 Å². The molecule has 1 aromatic carbocycles. The van der Waals surface area contributed by atoms with Gasteiger partial charge in [-0.3, -0.25) is 0 Å². The van der Waals surface area contributed by atoms with Crippen LogP contribution in [0.3, 0.4) is 0 Å². The molecule has 3 aromatic rings. The second-order valence-corrected chi connectivity index (χ2v) is 8.38. The fraction of sp³-hybridized carbons (Fsp3) is 0.435. The number of hydrogen-bond acceptors (Lipinski definition) is 5. The maximum atomic E-state index is 10.7. The number of benzene rings is 1. The first-order valence-electron chi connectivity index (χ1n) is 10.5. The van der Waals surface area contributed by atoms with Crippen LogP contribution in [0.1, 0.15) is 31.5 Å². The van der Waals surface area contributed by atoms with Gasteiger partial charge >= 0.3 is 0 Å². The molecule has 31 heavy (non-hydrogen) atoms. The summed E-state index contributed by atoms with van der Waals surface area (Å²) in [5.41, 5.74) is 2.06. The molecule has 2 heterocycles. The van der Waals surface area contributed by atoms with E-state index in [9.17, 15) is 5.11 Å². The molecule has 0 spiro atoms. The molecule has 7 nitrogen and oxygen atoms in total. The quantitative estimate of drug-likeness (QED) is 0.218. The van der Waals surface area contributed by atoms with Crippen molar-refractivity contribution >= 4 is 28.2 Å². The summed E-state index contributed by atoms with van der Waals surface area (Å²) in [4.78, 5) is 8.03. The Balaban J connectivity index is 1.56. The number of rotatable bonds is 10. The zero-order chi connectivity index (χ0) is 22.3. The number of methoxy groups -OCH3 is 2. The number of ether oxygens (including phenoxy) is 2. The highest BCUT2D eigenvalue weighted by atomic mass is 32.1. The number of aromatic nitrogens is 1. The molecule has 0 amide bonds. The van der Waals surface area contributed by atoms with Crippen LogP contribution >= 0.6 is 11.3 Å². The number of aryl methyl sites for hydroxylation is 1. The predicted octanol–water partition coefficient (Wildman–Crippen LogP) is 3.64. The Labute approximate surface area is 187 Å². The van der Waals surface area contributed by atoms with Crippen molar-refractivity contribution in [3.63, 3.8) is 0 Å². The molecule has 0 fully saturated rings. The molecule has 4 N–H and O–H groups in total. The third-order valence-corrected chi connectivity index (χ3v) is 5.82. The Kier molecular flexibility index (Phi) is 7.81. The fourth-order valence-corrected chi connectivity index (χ4v) is 4.16. The summed E-state index contributed by atoms with van der Waals surface area (Å²) in [6.45, 7) is 5.64. The van der Waals surface area contributed by atoms with E-state index in [0.717, 1.165) is 59.6 Å². The number of H-pyrrole nitrogens is 1. The predicted molar refractivity (Wildman–Crippen MR) is 128 cm³/mol. The van der Waals surface area contributed by atoms with E-state index in [1.165, 1.54) is 0 Å². The number of nitrogens with zero attached hydrogens (tertiary/aromatic N) is 1. The molecule has 0 saturated heterocycles. The van der Waals surface area contributed by atoms with Gasteiger partial charge < -0.3 is 30.2 Å². The normalized spacial score (nSPS) is 13.8. The minimum atomic E-state index is -0.979. The first-order valence-corrected chi connectivity index (χ1v) is 11.4. The lowest BCUT2D eigenvalue weighted by atomic mass is 10.00. The van der Waals surface area contributed by atoms with Crippen LogP contribution < -0.4 is 20.1 Å². The van der Waals surface area contributed by atoms with E-state index < -0.39 is 5.60 Å². The van der Waals surface area contributed by atoms with E-state index >= 15 is 0 Å². The zero-order valence-corrected chi connectivity index (χ0v) is 19.4. The van der Waals surface area contributed by atoms with Crippen LogP contribution in [0.2, 0.25) is 0 Å². The molecule has 0 saturated carbocycles. The minimum absolute atomic E-state index is 0.294. The van der Waals surface area contributed by atoms with Gasteiger partial charge in [0.25, 0.3) is 0 Å². The van der Waals surface area contributed by atoms with Gasteiger partial charge in [0, 0.05) is 36.3 Å². The number of thiophene rings is 1. The summed E-state index contributed by atoms with van der Waals surface area (Å²) >= 11 is 1.57. The van der Waals surface area contributed by atoms with Crippen molar-refractivity contribution < 1.29 is 14.6 Å². The Morgan fingerprint density at radius 2 is 2.06 bits per heavy atom. The van der Waals surface area contributed by atoms with Gasteiger partial charge in [0.05, 0.1) is 26.3 Å². The number of guanidine groups is 1. The molecule has 0 aliphatic heterocycles. The van der Waals surface area contributed by atoms with Gasteiger partial charge in [-0.15, -0.1) is 0 Å². The second-order valence-electron chi connectivity index (χ2n) is 7.60. The Morgan fingerprint density at radius 3 is 2.74 bits per heavy atom. The summed E-state index contributed by atoms with van der Waals surface area (Å²) in [5.74, 6) is 2.28. The van der Waals surface area contributed by atoms with Gasteiger partial charge in [-0.25, -0.2) is 4.99 Å². The van der Waals surface area contributed by atoms with Crippen LogP contribution in [0.15, 0.2) is 40.0 Å². The first kappa shape index (κ1) is 23.0. The zero-order valence-electron chi connectivity index (χ0n) is 18.6. The molecule has 0 bridgehead atoms. The van der Waals surface area contributed by atoms with Crippen molar-refractivity contribution in [1.29, 1.82) is 0 Å². The van der Waals surface area contributed by atoms with Gasteiger partial charge in [-0.1, -0.05) is 0 Å². The summed E-state index contributed by atoms with van der Waals surface area (Å²) in [7, 11) is 3.32. The molecule has 8 heteroatoms. The molecule has 168 valence electrons. The summed E-state index contributed by atoms with van der Waals surface area (Å²) in [5, 5.41) is 22.3. The summed E-state index contributed by atoms with van der Waals surface area (Å²) < 4.78 is 10.8. The minimum Gasteiger partial charge on any atom is -0.497 e. The lowest BCUT2D eigenvalue weighted by Gasteiger charge is -2.21. The molecule has 3 rings (SSSR count). The number of aromatic amines is 1. The average Bonchev–Trinajstić information content (AvgIpc) is 3.44. The van der Waals surface area contributed by atoms with Crippen LogP contribution in [0.4, 0.5) is 0 Å². The van der Waals surface area contributed by atoms with E-state index in [1.807, 2.05) is 35.9 Å². The van der Waals surface area contributed by atoms with Crippen molar-refractivity contribution in [1.82, 2.24) is 15.6 Å². The average molecular weight is 445 g/mol. The Morgan fingerprint density at radius 1 is 1.23 bits per heavy atom. The molecule has 1 atom stereocenters. The van der Waals surface area contributed by atoms with Crippen LogP contribution in [0.5, 0.6) is 11.5 Å². The largest absolute Gasteiger partial charge is 0.497 e. The summed E-state index contributed by atoms with van der Waals surface area (Å²) in [6, 6.07) is 7.94. The van der Waals surface area contributed by atoms with Crippen LogP contribution in [0, 0.1) is 0 Å². The van der Waals surface area contributed by atoms with Crippen LogP contribution in [0.25, 0.3) is 10.9 Å². The molecular formula is C23H32N4O3S. The van der Waals surface area contributed by atoms with Gasteiger partial charge in [-0.05, 0) is 55.1 Å². The highest BCUT2D eigenvalue weighted by molar-refractivity contribution is 7.08. The molecule has 2 aromatic heterocycles. The molecule has 0 aliphatic rings. The Bertz CT molecular complexity index is 996. The smallest absolute Gasteiger partial charge is 0.191 e. The van der Waals surface area contributed by atoms with Crippen molar-refractivity contribution in [3.05, 3.63) is 46.3 Å². The first-order chi connectivity index (χ1) is 15.0. The van der Waals surface area contributed by atoms with Crippen molar-refractivity contribution in [2.24, 2.45) is 4.99 Å². The molecule has 1 unspecified atom stereocenters. The van der Waals surface area contributed by atoms with Crippen LogP contribution in [-0.2, 0) is 12.0 Å². The topological polar surface area (TPSA) is 90.9 Å². The van der Waals surface area contributed by atoms with Gasteiger partial charge in [0.2, 0.25) is 0 Å². The van der Waals surface area contributed by atoms with E-state index in [-0.39, 0.29) is 0 Å². The number of hydrogen-bond donors (Lipinski definition) is 4. The Hall–Kier alpha value is -2.71. The lowest BCUT2D eigenvalue weighted by molar-refractivity contribution is 0.0677. The van der Waals surface area contributed by atoms with E-state index in [2.05, 4.69) is 26.7 Å². The third kappa shape index (κ3) is 5.92. The lowest BCUT2D eigenvalue weighted by Crippen LogP contribution is -2.39. The fourth-order valence-electron chi connectivity index (χ4n) is 3.38. The van der Waals surface area contributed by atoms with Gasteiger partial charge in [0.1, 0.15) is 17.1 Å². The monoisotopic (exact) mass is 444 g/mol. The second kappa shape index (κ2) is 10.5. The van der Waals surface area contributed by atoms with Crippen LogP contribution in [-0.4, -0.2) is 49.9 Å². The standard InChI is InChI=1S/C23H32N4O3S/c1-5-24-22(26-15-23(2,28)16-8-10-31-14-16)25-9-6-7-17-11-19-20(27-17)12-18(29-3)13-21(19)30-4/h8,10-14,27-28H,5-7,9,15H2,1-4H3,(H2,24,25,26). The van der Waals surface area contributed by atoms with E-state index in [4.69, 9.17) is 9.47 Å². The maximum absolute atomic E-state index is 10.7. The van der Waals surface area contributed by atoms with Crippen molar-refractivity contribution in [2.75, 3.05) is 33.9 Å². The van der Waals surface area contributed by atoms with Crippen molar-refractivity contribution in [2.45, 2.75) is 32.3 Å². The number of nitrogens with one attached hydrogen (secondary N) is 3. The van der Waals surface area contributed by atoms with E-state index in [0.29, 0.717) is 12.5 Å². The van der Waals surface area contributed by atoms with E-state index in [1.54, 1.807) is 32.5 Å². The summed E-state index contributed by atoms with van der Waals surface area (Å²) in [6.07, 6.45) is 1.82. The van der Waals surface area contributed by atoms with Crippen molar-refractivity contribution in [3.8, 4) is 11.5 Å². The van der Waals surface area contributed by atoms with Gasteiger partial charge in [-0.2, -0.15) is 11.3 Å². The SMILES string of the molecule is CCNC(=NCC(C)(O)c1ccsc1)NCCCc1cc2c(OC)cc(OC)cc2[nH]1. The molecule has 0 aliphatic carbocycles.